The molecule has 4 amide bonds. The minimum Gasteiger partial charge on any atom is -0.481 e. The normalized spacial score (nSPS) is 15.4. The van der Waals surface area contributed by atoms with E-state index in [1.54, 1.807) is 6.26 Å². The Hall–Kier alpha value is -2.91. The van der Waals surface area contributed by atoms with E-state index in [-0.39, 0.29) is 25.2 Å². The van der Waals surface area contributed by atoms with Gasteiger partial charge in [-0.15, -0.1) is 0 Å². The third-order valence-corrected chi connectivity index (χ3v) is 7.04. The van der Waals surface area contributed by atoms with Crippen LogP contribution in [0.2, 0.25) is 0 Å². The second kappa shape index (κ2) is 20.0. The first-order valence-corrected chi connectivity index (χ1v) is 14.8. The van der Waals surface area contributed by atoms with E-state index in [2.05, 4.69) is 21.3 Å². The van der Waals surface area contributed by atoms with Gasteiger partial charge in [-0.05, 0) is 63.5 Å². The van der Waals surface area contributed by atoms with Crippen LogP contribution >= 0.6 is 11.8 Å². The number of hydrogen-bond acceptors (Lipinski definition) is 9. The van der Waals surface area contributed by atoms with Crippen molar-refractivity contribution in [3.8, 4) is 0 Å². The van der Waals surface area contributed by atoms with Crippen LogP contribution in [0, 0.1) is 5.92 Å². The summed E-state index contributed by atoms with van der Waals surface area (Å²) < 4.78 is 0. The lowest BCUT2D eigenvalue weighted by molar-refractivity contribution is -0.143. The number of carbonyl (C=O) groups is 6. The maximum absolute atomic E-state index is 13.2. The lowest BCUT2D eigenvalue weighted by Gasteiger charge is -2.26. The average Bonchev–Trinajstić information content (AvgIpc) is 2.90. The zero-order valence-electron chi connectivity index (χ0n) is 23.7. The highest BCUT2D eigenvalue weighted by atomic mass is 32.2. The summed E-state index contributed by atoms with van der Waals surface area (Å²) in [6.45, 7) is 5.50. The van der Waals surface area contributed by atoms with Crippen molar-refractivity contribution in [2.75, 3.05) is 18.6 Å². The van der Waals surface area contributed by atoms with E-state index in [0.717, 1.165) is 0 Å². The van der Waals surface area contributed by atoms with Crippen LogP contribution < -0.4 is 32.7 Å². The molecule has 40 heavy (non-hydrogen) atoms. The summed E-state index contributed by atoms with van der Waals surface area (Å²) in [4.78, 5) is 74.0. The third-order valence-electron chi connectivity index (χ3n) is 6.40. The van der Waals surface area contributed by atoms with Crippen LogP contribution in [0.1, 0.15) is 65.7 Å². The number of rotatable bonds is 21. The summed E-state index contributed by atoms with van der Waals surface area (Å²) in [6.07, 6.45) is 2.98. The number of aliphatic carboxylic acids is 2. The SMILES string of the molecule is CCC(C)C(N)C(=O)NC(C)C(=O)NC(CCSC)C(=O)NC(CCC(=O)O)C(=O)NC(CCCCN)C(=O)O. The number of unbranched alkanes of at least 4 members (excludes halogenated alkanes) is 1. The Labute approximate surface area is 239 Å². The first kappa shape index (κ1) is 37.1. The number of nitrogens with two attached hydrogens (primary N) is 2. The third kappa shape index (κ3) is 14.5. The van der Waals surface area contributed by atoms with Gasteiger partial charge in [-0.1, -0.05) is 20.3 Å². The van der Waals surface area contributed by atoms with E-state index in [0.29, 0.717) is 31.6 Å². The van der Waals surface area contributed by atoms with Gasteiger partial charge in [0.1, 0.15) is 24.2 Å². The molecular formula is C25H46N6O8S. The van der Waals surface area contributed by atoms with Gasteiger partial charge in [0.05, 0.1) is 6.04 Å². The topological polar surface area (TPSA) is 243 Å². The molecule has 6 unspecified atom stereocenters. The van der Waals surface area contributed by atoms with E-state index >= 15 is 0 Å². The van der Waals surface area contributed by atoms with E-state index in [4.69, 9.17) is 16.6 Å². The van der Waals surface area contributed by atoms with Crippen LogP contribution in [0.3, 0.4) is 0 Å². The Morgan fingerprint density at radius 2 is 1.32 bits per heavy atom. The second-order valence-corrected chi connectivity index (χ2v) is 10.6. The molecule has 0 radical (unpaired) electrons. The molecule has 0 heterocycles. The lowest BCUT2D eigenvalue weighted by Crippen LogP contribution is -2.58. The zero-order valence-corrected chi connectivity index (χ0v) is 24.6. The minimum absolute atomic E-state index is 0.106. The van der Waals surface area contributed by atoms with Gasteiger partial charge in [-0.2, -0.15) is 11.8 Å². The maximum atomic E-state index is 13.2. The van der Waals surface area contributed by atoms with Crippen LogP contribution in [0.25, 0.3) is 0 Å². The molecule has 10 N–H and O–H groups in total. The van der Waals surface area contributed by atoms with Crippen molar-refractivity contribution in [3.05, 3.63) is 0 Å². The monoisotopic (exact) mass is 590 g/mol. The molecule has 0 aliphatic carbocycles. The molecule has 0 rings (SSSR count). The van der Waals surface area contributed by atoms with Crippen LogP contribution in [0.4, 0.5) is 0 Å². The predicted octanol–water partition coefficient (Wildman–Crippen LogP) is -0.850. The fraction of sp³-hybridized carbons (Fsp3) is 0.760. The van der Waals surface area contributed by atoms with Gasteiger partial charge in [0.2, 0.25) is 23.6 Å². The summed E-state index contributed by atoms with van der Waals surface area (Å²) in [5, 5.41) is 28.5. The molecule has 14 nitrogen and oxygen atoms in total. The van der Waals surface area contributed by atoms with E-state index < -0.39 is 72.2 Å². The van der Waals surface area contributed by atoms with E-state index in [9.17, 15) is 33.9 Å². The standard InChI is InChI=1S/C25H46N6O8S/c1-5-14(2)20(27)24(37)28-15(3)21(34)29-17(11-13-40-4)23(36)30-16(9-10-19(32)33)22(35)31-18(25(38)39)8-6-7-12-26/h14-18,20H,5-13,26-27H2,1-4H3,(H,28,37)(H,29,34)(H,30,36)(H,31,35)(H,32,33)(H,38,39). The van der Waals surface area contributed by atoms with Gasteiger partial charge in [0.15, 0.2) is 0 Å². The molecule has 15 heteroatoms. The van der Waals surface area contributed by atoms with Crippen molar-refractivity contribution in [2.45, 2.75) is 95.9 Å². The number of amides is 4. The van der Waals surface area contributed by atoms with Crippen LogP contribution in [-0.4, -0.2) is 94.5 Å². The quantitative estimate of drug-likeness (QED) is 0.0765. The van der Waals surface area contributed by atoms with Gasteiger partial charge in [-0.3, -0.25) is 24.0 Å². The number of carboxylic acids is 2. The minimum atomic E-state index is -1.36. The summed E-state index contributed by atoms with van der Waals surface area (Å²) in [7, 11) is 0. The highest BCUT2D eigenvalue weighted by Crippen LogP contribution is 2.08. The Morgan fingerprint density at radius 1 is 0.775 bits per heavy atom. The summed E-state index contributed by atoms with van der Waals surface area (Å²) in [5.74, 6) is -4.89. The van der Waals surface area contributed by atoms with Crippen molar-refractivity contribution < 1.29 is 39.0 Å². The highest BCUT2D eigenvalue weighted by Gasteiger charge is 2.31. The smallest absolute Gasteiger partial charge is 0.326 e. The van der Waals surface area contributed by atoms with Crippen LogP contribution in [-0.2, 0) is 28.8 Å². The molecule has 6 atom stereocenters. The Bertz CT molecular complexity index is 861. The van der Waals surface area contributed by atoms with E-state index in [1.807, 2.05) is 13.8 Å². The Balaban J connectivity index is 5.58. The molecule has 0 aliphatic rings. The van der Waals surface area contributed by atoms with Gasteiger partial charge >= 0.3 is 11.9 Å². The van der Waals surface area contributed by atoms with Crippen molar-refractivity contribution in [3.63, 3.8) is 0 Å². The van der Waals surface area contributed by atoms with Gasteiger partial charge in [0, 0.05) is 6.42 Å². The number of nitrogens with one attached hydrogen (secondary N) is 4. The van der Waals surface area contributed by atoms with Gasteiger partial charge in [-0.25, -0.2) is 4.79 Å². The summed E-state index contributed by atoms with van der Waals surface area (Å²) in [5.41, 5.74) is 11.4. The fourth-order valence-electron chi connectivity index (χ4n) is 3.52. The van der Waals surface area contributed by atoms with Crippen LogP contribution in [0.5, 0.6) is 0 Å². The molecule has 0 saturated carbocycles. The Kier molecular flexibility index (Phi) is 18.6. The Morgan fingerprint density at radius 3 is 1.82 bits per heavy atom. The molecule has 230 valence electrons. The fourth-order valence-corrected chi connectivity index (χ4v) is 3.99. The lowest BCUT2D eigenvalue weighted by atomic mass is 9.99. The average molecular weight is 591 g/mol. The molecule has 0 fully saturated rings. The largest absolute Gasteiger partial charge is 0.481 e. The summed E-state index contributed by atoms with van der Waals surface area (Å²) >= 11 is 1.41. The molecular weight excluding hydrogens is 544 g/mol. The molecule has 0 bridgehead atoms. The molecule has 0 aromatic rings. The maximum Gasteiger partial charge on any atom is 0.326 e. The van der Waals surface area contributed by atoms with Crippen LogP contribution in [0.15, 0.2) is 0 Å². The number of thioether (sulfide) groups is 1. The molecule has 0 aliphatic heterocycles. The molecule has 0 saturated heterocycles. The van der Waals surface area contributed by atoms with Crippen molar-refractivity contribution in [2.24, 2.45) is 17.4 Å². The zero-order chi connectivity index (χ0) is 30.8. The molecule has 0 spiro atoms. The van der Waals surface area contributed by atoms with E-state index in [1.165, 1.54) is 18.7 Å². The second-order valence-electron chi connectivity index (χ2n) is 9.66. The number of hydrogen-bond donors (Lipinski definition) is 8. The van der Waals surface area contributed by atoms with Crippen molar-refractivity contribution in [1.29, 1.82) is 0 Å². The summed E-state index contributed by atoms with van der Waals surface area (Å²) in [6, 6.07) is -5.54. The van der Waals surface area contributed by atoms with Gasteiger partial charge < -0.3 is 42.9 Å². The van der Waals surface area contributed by atoms with Gasteiger partial charge in [0.25, 0.3) is 0 Å². The van der Waals surface area contributed by atoms with Crippen molar-refractivity contribution in [1.82, 2.24) is 21.3 Å². The first-order valence-electron chi connectivity index (χ1n) is 13.4. The first-order chi connectivity index (χ1) is 18.8. The number of carboxylic acid groups (broad SMARTS) is 2. The number of carbonyl (C=O) groups excluding carboxylic acids is 4. The molecule has 0 aromatic carbocycles. The van der Waals surface area contributed by atoms with Crippen molar-refractivity contribution >= 4 is 47.3 Å². The molecule has 0 aromatic heterocycles. The highest BCUT2D eigenvalue weighted by molar-refractivity contribution is 7.98. The predicted molar refractivity (Wildman–Crippen MR) is 151 cm³/mol.